The topological polar surface area (TPSA) is 126 Å². The number of anilines is 2. The van der Waals surface area contributed by atoms with E-state index in [0.717, 1.165) is 4.70 Å². The smallest absolute Gasteiger partial charge is 0.408 e. The van der Waals surface area contributed by atoms with Crippen molar-refractivity contribution in [2.24, 2.45) is 0 Å². The van der Waals surface area contributed by atoms with E-state index in [1.807, 2.05) is 0 Å². The van der Waals surface area contributed by atoms with E-state index in [-0.39, 0.29) is 25.4 Å². The monoisotopic (exact) mass is 609 g/mol. The second-order valence-corrected chi connectivity index (χ2v) is 10.7. The van der Waals surface area contributed by atoms with Crippen molar-refractivity contribution in [3.63, 3.8) is 0 Å². The summed E-state index contributed by atoms with van der Waals surface area (Å²) in [6, 6.07) is 12.5. The molecule has 2 aromatic carbocycles. The summed E-state index contributed by atoms with van der Waals surface area (Å²) in [6.07, 6.45) is -0.595. The van der Waals surface area contributed by atoms with E-state index in [4.69, 9.17) is 21.1 Å². The SMILES string of the molecule is CCNC(=O)O[C@@H]1C[C@@H](C#Cc2cc3ncnc(Nc4ccc(OCc5cccc(F)c5)c(Cl)c4)c3s2)N(C(=O)O)C1. The van der Waals surface area contributed by atoms with E-state index in [2.05, 4.69) is 32.4 Å². The third-order valence-corrected chi connectivity index (χ3v) is 7.60. The first-order valence-electron chi connectivity index (χ1n) is 12.9. The fraction of sp³-hybridized carbons (Fsp3) is 0.241. The minimum Gasteiger partial charge on any atom is -0.487 e. The number of fused-ring (bicyclic) bond motifs is 1. The van der Waals surface area contributed by atoms with E-state index in [0.29, 0.717) is 44.8 Å². The minimum atomic E-state index is -1.13. The molecule has 5 rings (SSSR count). The molecular weight excluding hydrogens is 585 g/mol. The van der Waals surface area contributed by atoms with Gasteiger partial charge in [-0.1, -0.05) is 35.6 Å². The fourth-order valence-electron chi connectivity index (χ4n) is 4.35. The Morgan fingerprint density at radius 1 is 1.24 bits per heavy atom. The van der Waals surface area contributed by atoms with Crippen molar-refractivity contribution < 1.29 is 28.6 Å². The second kappa shape index (κ2) is 12.9. The Labute approximate surface area is 249 Å². The van der Waals surface area contributed by atoms with Crippen LogP contribution in [0.2, 0.25) is 5.02 Å². The molecule has 0 aliphatic carbocycles. The number of benzene rings is 2. The first-order valence-corrected chi connectivity index (χ1v) is 14.1. The molecule has 0 spiro atoms. The molecule has 2 amide bonds. The van der Waals surface area contributed by atoms with Crippen LogP contribution in [-0.2, 0) is 11.3 Å². The molecule has 1 fully saturated rings. The predicted molar refractivity (Wildman–Crippen MR) is 157 cm³/mol. The van der Waals surface area contributed by atoms with E-state index in [1.165, 1.54) is 34.7 Å². The summed E-state index contributed by atoms with van der Waals surface area (Å²) in [5.41, 5.74) is 2.02. The highest BCUT2D eigenvalue weighted by Crippen LogP contribution is 2.33. The normalized spacial score (nSPS) is 16.0. The molecule has 3 heterocycles. The number of amides is 2. The molecule has 1 aliphatic rings. The van der Waals surface area contributed by atoms with Crippen molar-refractivity contribution in [2.45, 2.75) is 32.1 Å². The van der Waals surface area contributed by atoms with E-state index >= 15 is 0 Å². The summed E-state index contributed by atoms with van der Waals surface area (Å²) in [5, 5.41) is 15.8. The van der Waals surface area contributed by atoms with Crippen LogP contribution in [0, 0.1) is 17.7 Å². The van der Waals surface area contributed by atoms with Crippen LogP contribution >= 0.6 is 22.9 Å². The van der Waals surface area contributed by atoms with Crippen molar-refractivity contribution >= 4 is 56.8 Å². The molecule has 1 aliphatic heterocycles. The van der Waals surface area contributed by atoms with Gasteiger partial charge in [0.1, 0.15) is 36.6 Å². The Bertz CT molecular complexity index is 1690. The highest BCUT2D eigenvalue weighted by molar-refractivity contribution is 7.20. The molecule has 13 heteroatoms. The number of likely N-dealkylation sites (tertiary alicyclic amines) is 1. The molecule has 4 aromatic rings. The fourth-order valence-corrected chi connectivity index (χ4v) is 5.50. The molecule has 0 unspecified atom stereocenters. The highest BCUT2D eigenvalue weighted by atomic mass is 35.5. The molecule has 3 N–H and O–H groups in total. The van der Waals surface area contributed by atoms with Gasteiger partial charge in [-0.3, -0.25) is 4.90 Å². The van der Waals surface area contributed by atoms with Crippen LogP contribution in [0.15, 0.2) is 54.9 Å². The molecule has 1 saturated heterocycles. The molecule has 42 heavy (non-hydrogen) atoms. The summed E-state index contributed by atoms with van der Waals surface area (Å²) < 4.78 is 25.2. The molecule has 0 bridgehead atoms. The zero-order valence-corrected chi connectivity index (χ0v) is 23.8. The van der Waals surface area contributed by atoms with Crippen molar-refractivity contribution in [3.8, 4) is 17.6 Å². The van der Waals surface area contributed by atoms with E-state index in [9.17, 15) is 19.1 Å². The largest absolute Gasteiger partial charge is 0.487 e. The van der Waals surface area contributed by atoms with Crippen LogP contribution in [0.1, 0.15) is 23.8 Å². The average Bonchev–Trinajstić information content (AvgIpc) is 3.56. The van der Waals surface area contributed by atoms with Gasteiger partial charge >= 0.3 is 12.2 Å². The zero-order chi connectivity index (χ0) is 29.6. The molecule has 2 atom stereocenters. The zero-order valence-electron chi connectivity index (χ0n) is 22.3. The Morgan fingerprint density at radius 2 is 2.10 bits per heavy atom. The molecule has 10 nitrogen and oxygen atoms in total. The van der Waals surface area contributed by atoms with Crippen LogP contribution in [0.5, 0.6) is 5.75 Å². The predicted octanol–water partition coefficient (Wildman–Crippen LogP) is 6.02. The Morgan fingerprint density at radius 3 is 2.86 bits per heavy atom. The quantitative estimate of drug-likeness (QED) is 0.217. The number of aromatic nitrogens is 2. The number of hydrogen-bond acceptors (Lipinski definition) is 8. The standard InChI is InChI=1S/C29H25ClFN5O5S/c1-2-32-28(37)41-21-12-20(36(14-21)29(38)39)7-8-22-13-24-26(42-22)27(34-16-33-24)35-19-6-9-25(23(30)11-19)40-15-17-4-3-5-18(31)10-17/h3-6,9-11,13,16,20-21H,2,12,14-15H2,1H3,(H,32,37)(H,38,39)(H,33,34,35)/t20-,21-/m1/s1. The second-order valence-electron chi connectivity index (χ2n) is 9.25. The van der Waals surface area contributed by atoms with Crippen molar-refractivity contribution in [1.82, 2.24) is 20.2 Å². The van der Waals surface area contributed by atoms with Gasteiger partial charge in [0.05, 0.1) is 26.7 Å². The maximum Gasteiger partial charge on any atom is 0.408 e. The molecule has 0 radical (unpaired) electrons. The number of rotatable bonds is 7. The van der Waals surface area contributed by atoms with E-state index in [1.54, 1.807) is 43.3 Å². The third-order valence-electron chi connectivity index (χ3n) is 6.25. The van der Waals surface area contributed by atoms with Crippen LogP contribution < -0.4 is 15.4 Å². The molecule has 0 saturated carbocycles. The maximum atomic E-state index is 13.4. The summed E-state index contributed by atoms with van der Waals surface area (Å²) in [7, 11) is 0. The van der Waals surface area contributed by atoms with Crippen molar-refractivity contribution in [1.29, 1.82) is 0 Å². The number of hydrogen-bond donors (Lipinski definition) is 3. The number of carbonyl (C=O) groups excluding carboxylic acids is 1. The number of thiophene rings is 1. The van der Waals surface area contributed by atoms with Crippen LogP contribution in [0.4, 0.5) is 25.5 Å². The lowest BCUT2D eigenvalue weighted by Gasteiger charge is -2.15. The van der Waals surface area contributed by atoms with Gasteiger partial charge in [-0.05, 0) is 48.9 Å². The first kappa shape index (κ1) is 28.9. The number of ether oxygens (including phenoxy) is 2. The van der Waals surface area contributed by atoms with Gasteiger partial charge in [-0.25, -0.2) is 23.9 Å². The molecule has 2 aromatic heterocycles. The summed E-state index contributed by atoms with van der Waals surface area (Å²) in [6.45, 7) is 2.40. The number of alkyl carbamates (subject to hydrolysis) is 1. The number of halogens is 2. The minimum absolute atomic E-state index is 0.0506. The number of carboxylic acid groups (broad SMARTS) is 1. The Hall–Kier alpha value is -4.60. The first-order chi connectivity index (χ1) is 20.3. The van der Waals surface area contributed by atoms with Gasteiger partial charge in [0.2, 0.25) is 0 Å². The summed E-state index contributed by atoms with van der Waals surface area (Å²) in [5.74, 6) is 6.72. The van der Waals surface area contributed by atoms with Crippen LogP contribution in [0.3, 0.4) is 0 Å². The maximum absolute atomic E-state index is 13.4. The lowest BCUT2D eigenvalue weighted by atomic mass is 10.2. The van der Waals surface area contributed by atoms with Gasteiger partial charge in [-0.2, -0.15) is 0 Å². The van der Waals surface area contributed by atoms with Crippen molar-refractivity contribution in [3.05, 3.63) is 76.1 Å². The van der Waals surface area contributed by atoms with Crippen LogP contribution in [0.25, 0.3) is 10.2 Å². The molecule has 216 valence electrons. The van der Waals surface area contributed by atoms with Gasteiger partial charge < -0.3 is 25.2 Å². The van der Waals surface area contributed by atoms with Gasteiger partial charge in [0, 0.05) is 18.7 Å². The van der Waals surface area contributed by atoms with Crippen molar-refractivity contribution in [2.75, 3.05) is 18.4 Å². The summed E-state index contributed by atoms with van der Waals surface area (Å²) in [4.78, 5) is 34.1. The van der Waals surface area contributed by atoms with Crippen LogP contribution in [-0.4, -0.2) is 57.4 Å². The van der Waals surface area contributed by atoms with Gasteiger partial charge in [0.15, 0.2) is 5.82 Å². The van der Waals surface area contributed by atoms with E-state index < -0.39 is 24.3 Å². The Kier molecular flexibility index (Phi) is 8.90. The number of nitrogens with one attached hydrogen (secondary N) is 2. The summed E-state index contributed by atoms with van der Waals surface area (Å²) >= 11 is 7.80. The Balaban J connectivity index is 1.28. The highest BCUT2D eigenvalue weighted by Gasteiger charge is 2.36. The average molecular weight is 610 g/mol. The third kappa shape index (κ3) is 6.99. The van der Waals surface area contributed by atoms with Gasteiger partial charge in [0.25, 0.3) is 0 Å². The lowest BCUT2D eigenvalue weighted by Crippen LogP contribution is -2.35. The number of carbonyl (C=O) groups is 2. The number of nitrogens with zero attached hydrogens (tertiary/aromatic N) is 3. The lowest BCUT2D eigenvalue weighted by molar-refractivity contribution is 0.0979. The van der Waals surface area contributed by atoms with Gasteiger partial charge in [-0.15, -0.1) is 11.3 Å². The molecular formula is C29H25ClFN5O5S.